The molecular formula is C21H32N6O3S2. The molecule has 3 rings (SSSR count). The summed E-state index contributed by atoms with van der Waals surface area (Å²) in [4.78, 5) is 14.9. The predicted molar refractivity (Wildman–Crippen MR) is 126 cm³/mol. The van der Waals surface area contributed by atoms with E-state index < -0.39 is 10.0 Å². The number of carbonyl (C=O) groups is 1. The van der Waals surface area contributed by atoms with Gasteiger partial charge in [0.25, 0.3) is 0 Å². The molecule has 0 radical (unpaired) electrons. The number of likely N-dealkylation sites (tertiary alicyclic amines) is 1. The monoisotopic (exact) mass is 480 g/mol. The lowest BCUT2D eigenvalue weighted by atomic mass is 9.98. The molecule has 1 aliphatic rings. The van der Waals surface area contributed by atoms with Crippen LogP contribution in [0.1, 0.15) is 47.0 Å². The number of nitrogens with two attached hydrogens (primary N) is 1. The first-order chi connectivity index (χ1) is 15.2. The number of nitrogen functional groups attached to an aromatic ring is 1. The summed E-state index contributed by atoms with van der Waals surface area (Å²) in [5.74, 6) is 6.84. The first-order valence-electron chi connectivity index (χ1n) is 11.0. The molecule has 1 saturated heterocycles. The first kappa shape index (κ1) is 24.5. The Morgan fingerprint density at radius 2 is 1.84 bits per heavy atom. The molecule has 1 amide bonds. The molecule has 1 aromatic heterocycles. The number of sulfonamides is 1. The highest BCUT2D eigenvalue weighted by molar-refractivity contribution is 7.99. The lowest BCUT2D eigenvalue weighted by Gasteiger charge is -2.39. The lowest BCUT2D eigenvalue weighted by Crippen LogP contribution is -2.48. The van der Waals surface area contributed by atoms with Crippen molar-refractivity contribution in [3.8, 4) is 11.4 Å². The van der Waals surface area contributed by atoms with Gasteiger partial charge in [-0.1, -0.05) is 37.7 Å². The number of benzene rings is 1. The van der Waals surface area contributed by atoms with E-state index in [1.807, 2.05) is 4.90 Å². The molecular weight excluding hydrogens is 448 g/mol. The van der Waals surface area contributed by atoms with Crippen molar-refractivity contribution in [1.82, 2.24) is 24.1 Å². The zero-order chi connectivity index (χ0) is 23.5. The molecule has 176 valence electrons. The van der Waals surface area contributed by atoms with Gasteiger partial charge in [0.05, 0.1) is 10.6 Å². The number of amides is 1. The SMILES string of the molecule is CCN(CC)S(=O)(=O)c1cccc(-c2nnc(SCC(=O)N3C(C)CCCC3C)n2N)c1. The van der Waals surface area contributed by atoms with Crippen LogP contribution in [-0.4, -0.2) is 69.3 Å². The molecule has 11 heteroatoms. The molecule has 2 N–H and O–H groups in total. The fourth-order valence-corrected chi connectivity index (χ4v) is 6.42. The van der Waals surface area contributed by atoms with Crippen LogP contribution in [0.5, 0.6) is 0 Å². The van der Waals surface area contributed by atoms with Crippen LogP contribution in [-0.2, 0) is 14.8 Å². The Morgan fingerprint density at radius 3 is 2.47 bits per heavy atom. The molecule has 2 aromatic rings. The number of hydrogen-bond acceptors (Lipinski definition) is 7. The van der Waals surface area contributed by atoms with Gasteiger partial charge in [-0.05, 0) is 45.2 Å². The summed E-state index contributed by atoms with van der Waals surface area (Å²) in [6.07, 6.45) is 3.18. The molecule has 1 aliphatic heterocycles. The van der Waals surface area contributed by atoms with Crippen molar-refractivity contribution < 1.29 is 13.2 Å². The third-order valence-electron chi connectivity index (χ3n) is 5.91. The van der Waals surface area contributed by atoms with Crippen LogP contribution in [0.25, 0.3) is 11.4 Å². The third-order valence-corrected chi connectivity index (χ3v) is 8.88. The Kier molecular flexibility index (Phi) is 7.84. The minimum atomic E-state index is -3.60. The normalized spacial score (nSPS) is 19.5. The van der Waals surface area contributed by atoms with Crippen molar-refractivity contribution >= 4 is 27.7 Å². The standard InChI is InChI=1S/C21H32N6O3S2/c1-5-25(6-2)32(29,30)18-12-8-11-17(13-18)20-23-24-21(27(20)22)31-14-19(28)26-15(3)9-7-10-16(26)4/h8,11-13,15-16H,5-7,9-10,14,22H2,1-4H3. The van der Waals surface area contributed by atoms with E-state index >= 15 is 0 Å². The quantitative estimate of drug-likeness (QED) is 0.456. The zero-order valence-electron chi connectivity index (χ0n) is 19.1. The number of piperidine rings is 1. The van der Waals surface area contributed by atoms with E-state index in [0.717, 1.165) is 19.3 Å². The van der Waals surface area contributed by atoms with Crippen LogP contribution < -0.4 is 5.84 Å². The average Bonchev–Trinajstić information content (AvgIpc) is 3.13. The Balaban J connectivity index is 1.77. The van der Waals surface area contributed by atoms with Gasteiger partial charge >= 0.3 is 0 Å². The van der Waals surface area contributed by atoms with E-state index in [9.17, 15) is 13.2 Å². The van der Waals surface area contributed by atoms with Gasteiger partial charge in [0.1, 0.15) is 0 Å². The van der Waals surface area contributed by atoms with Crippen LogP contribution in [0.2, 0.25) is 0 Å². The average molecular weight is 481 g/mol. The second-order valence-electron chi connectivity index (χ2n) is 8.01. The van der Waals surface area contributed by atoms with Crippen molar-refractivity contribution in [3.63, 3.8) is 0 Å². The van der Waals surface area contributed by atoms with E-state index in [0.29, 0.717) is 29.6 Å². The molecule has 1 fully saturated rings. The molecule has 9 nitrogen and oxygen atoms in total. The van der Waals surface area contributed by atoms with Crippen LogP contribution in [0.3, 0.4) is 0 Å². The van der Waals surface area contributed by atoms with Crippen molar-refractivity contribution in [1.29, 1.82) is 0 Å². The van der Waals surface area contributed by atoms with Crippen LogP contribution in [0, 0.1) is 0 Å². The third kappa shape index (κ3) is 4.94. The summed E-state index contributed by atoms with van der Waals surface area (Å²) in [5.41, 5.74) is 0.546. The minimum absolute atomic E-state index is 0.0616. The van der Waals surface area contributed by atoms with Crippen molar-refractivity contribution in [2.24, 2.45) is 0 Å². The number of thioether (sulfide) groups is 1. The highest BCUT2D eigenvalue weighted by Gasteiger charge is 2.29. The van der Waals surface area contributed by atoms with Gasteiger partial charge in [0.2, 0.25) is 21.1 Å². The zero-order valence-corrected chi connectivity index (χ0v) is 20.7. The van der Waals surface area contributed by atoms with Gasteiger partial charge < -0.3 is 10.7 Å². The fraction of sp³-hybridized carbons (Fsp3) is 0.571. The van der Waals surface area contributed by atoms with Gasteiger partial charge in [0, 0.05) is 30.7 Å². The molecule has 0 saturated carbocycles. The van der Waals surface area contributed by atoms with Crippen molar-refractivity contribution in [2.45, 2.75) is 69.1 Å². The number of carbonyl (C=O) groups excluding carboxylic acids is 1. The smallest absolute Gasteiger partial charge is 0.243 e. The summed E-state index contributed by atoms with van der Waals surface area (Å²) >= 11 is 1.24. The maximum atomic E-state index is 12.9. The summed E-state index contributed by atoms with van der Waals surface area (Å²) < 4.78 is 28.4. The highest BCUT2D eigenvalue weighted by Crippen LogP contribution is 2.27. The maximum absolute atomic E-state index is 12.9. The summed E-state index contributed by atoms with van der Waals surface area (Å²) in [5, 5.41) is 8.68. The van der Waals surface area contributed by atoms with Gasteiger partial charge in [0.15, 0.2) is 5.82 Å². The molecule has 1 aromatic carbocycles. The number of hydrogen-bond donors (Lipinski definition) is 1. The van der Waals surface area contributed by atoms with Gasteiger partial charge in [-0.15, -0.1) is 10.2 Å². The Hall–Kier alpha value is -2.11. The van der Waals surface area contributed by atoms with Crippen LogP contribution in [0.4, 0.5) is 0 Å². The molecule has 2 unspecified atom stereocenters. The number of aromatic nitrogens is 3. The molecule has 32 heavy (non-hydrogen) atoms. The Morgan fingerprint density at radius 1 is 1.19 bits per heavy atom. The Bertz CT molecular complexity index is 1040. The van der Waals surface area contributed by atoms with Crippen molar-refractivity contribution in [3.05, 3.63) is 24.3 Å². The second kappa shape index (κ2) is 10.2. The van der Waals surface area contributed by atoms with E-state index in [4.69, 9.17) is 5.84 Å². The van der Waals surface area contributed by atoms with E-state index in [-0.39, 0.29) is 28.6 Å². The second-order valence-corrected chi connectivity index (χ2v) is 10.9. The lowest BCUT2D eigenvalue weighted by molar-refractivity contribution is -0.134. The van der Waals surface area contributed by atoms with E-state index in [1.54, 1.807) is 38.1 Å². The van der Waals surface area contributed by atoms with E-state index in [1.165, 1.54) is 20.7 Å². The summed E-state index contributed by atoms with van der Waals surface area (Å²) in [6.45, 7) is 8.55. The highest BCUT2D eigenvalue weighted by atomic mass is 32.2. The van der Waals surface area contributed by atoms with Crippen LogP contribution in [0.15, 0.2) is 34.3 Å². The maximum Gasteiger partial charge on any atom is 0.243 e. The largest absolute Gasteiger partial charge is 0.337 e. The summed E-state index contributed by atoms with van der Waals surface area (Å²) in [6, 6.07) is 6.98. The van der Waals surface area contributed by atoms with Gasteiger partial charge in [-0.3, -0.25) is 4.79 Å². The number of nitrogens with zero attached hydrogens (tertiary/aromatic N) is 5. The predicted octanol–water partition coefficient (Wildman–Crippen LogP) is 2.57. The summed E-state index contributed by atoms with van der Waals surface area (Å²) in [7, 11) is -3.60. The van der Waals surface area contributed by atoms with Gasteiger partial charge in [-0.2, -0.15) is 4.31 Å². The topological polar surface area (TPSA) is 114 Å². The van der Waals surface area contributed by atoms with Crippen LogP contribution >= 0.6 is 11.8 Å². The first-order valence-corrected chi connectivity index (χ1v) is 13.4. The van der Waals surface area contributed by atoms with Crippen molar-refractivity contribution in [2.75, 3.05) is 24.7 Å². The fourth-order valence-electron chi connectivity index (χ4n) is 4.19. The molecule has 0 aliphatic carbocycles. The number of rotatable bonds is 8. The Labute approximate surface area is 194 Å². The molecule has 2 heterocycles. The molecule has 0 spiro atoms. The van der Waals surface area contributed by atoms with E-state index in [2.05, 4.69) is 24.0 Å². The molecule has 0 bridgehead atoms. The van der Waals surface area contributed by atoms with Gasteiger partial charge in [-0.25, -0.2) is 13.1 Å². The molecule has 2 atom stereocenters. The minimum Gasteiger partial charge on any atom is -0.337 e.